The Hall–Kier alpha value is -1.23. The monoisotopic (exact) mass is 226 g/mol. The highest BCUT2D eigenvalue weighted by molar-refractivity contribution is 9.10. The quantitative estimate of drug-likeness (QED) is 0.711. The molecule has 2 aromatic rings. The number of rotatable bonds is 0. The Morgan fingerprint density at radius 2 is 2.17 bits per heavy atom. The zero-order valence-corrected chi connectivity index (χ0v) is 7.75. The van der Waals surface area contributed by atoms with Crippen molar-refractivity contribution in [1.29, 1.82) is 0 Å². The van der Waals surface area contributed by atoms with E-state index in [0.29, 0.717) is 11.4 Å². The van der Waals surface area contributed by atoms with E-state index in [1.165, 1.54) is 0 Å². The zero-order valence-electron chi connectivity index (χ0n) is 6.16. The number of hydrogen-bond donors (Lipinski definition) is 2. The maximum atomic E-state index is 5.69. The van der Waals surface area contributed by atoms with E-state index in [4.69, 9.17) is 11.5 Å². The van der Waals surface area contributed by atoms with E-state index >= 15 is 0 Å². The van der Waals surface area contributed by atoms with Crippen molar-refractivity contribution in [2.45, 2.75) is 0 Å². The van der Waals surface area contributed by atoms with Crippen molar-refractivity contribution in [3.8, 4) is 0 Å². The maximum Gasteiger partial charge on any atom is 0.161 e. The molecule has 0 bridgehead atoms. The van der Waals surface area contributed by atoms with Crippen LogP contribution in [-0.4, -0.2) is 9.38 Å². The molecule has 0 aliphatic carbocycles. The van der Waals surface area contributed by atoms with E-state index in [9.17, 15) is 0 Å². The van der Waals surface area contributed by atoms with Gasteiger partial charge in [0.05, 0.1) is 17.6 Å². The van der Waals surface area contributed by atoms with Crippen molar-refractivity contribution >= 4 is 33.0 Å². The van der Waals surface area contributed by atoms with Crippen molar-refractivity contribution in [3.05, 3.63) is 23.1 Å². The minimum atomic E-state index is 0.584. The van der Waals surface area contributed by atoms with Crippen LogP contribution in [0.4, 0.5) is 11.4 Å². The second-order valence-corrected chi connectivity index (χ2v) is 3.32. The Morgan fingerprint density at radius 1 is 1.42 bits per heavy atom. The van der Waals surface area contributed by atoms with E-state index < -0.39 is 0 Å². The second-order valence-electron chi connectivity index (χ2n) is 2.50. The van der Waals surface area contributed by atoms with Crippen LogP contribution in [0.1, 0.15) is 0 Å². The van der Waals surface area contributed by atoms with Gasteiger partial charge in [-0.1, -0.05) is 0 Å². The van der Waals surface area contributed by atoms with E-state index in [1.54, 1.807) is 22.9 Å². The molecular weight excluding hydrogens is 220 g/mol. The van der Waals surface area contributed by atoms with Gasteiger partial charge in [-0.15, -0.1) is 0 Å². The van der Waals surface area contributed by atoms with Crippen LogP contribution in [0.15, 0.2) is 23.1 Å². The molecule has 4 N–H and O–H groups in total. The molecule has 0 aliphatic heterocycles. The van der Waals surface area contributed by atoms with Gasteiger partial charge in [-0.3, -0.25) is 4.40 Å². The Morgan fingerprint density at radius 3 is 2.92 bits per heavy atom. The lowest BCUT2D eigenvalue weighted by Crippen LogP contribution is -1.96. The summed E-state index contributed by atoms with van der Waals surface area (Å²) in [4.78, 5) is 4.09. The second kappa shape index (κ2) is 2.38. The largest absolute Gasteiger partial charge is 0.397 e. The minimum Gasteiger partial charge on any atom is -0.397 e. The molecule has 0 radical (unpaired) electrons. The van der Waals surface area contributed by atoms with Crippen molar-refractivity contribution in [2.75, 3.05) is 11.5 Å². The third-order valence-electron chi connectivity index (χ3n) is 1.61. The highest BCUT2D eigenvalue weighted by Crippen LogP contribution is 2.20. The number of aromatic nitrogens is 2. The summed E-state index contributed by atoms with van der Waals surface area (Å²) >= 11 is 3.32. The number of nitrogens with zero attached hydrogens (tertiary/aromatic N) is 2. The molecule has 0 saturated carbocycles. The summed E-state index contributed by atoms with van der Waals surface area (Å²) < 4.78 is 2.64. The molecule has 62 valence electrons. The van der Waals surface area contributed by atoms with Gasteiger partial charge < -0.3 is 11.5 Å². The molecule has 0 aliphatic rings. The summed E-state index contributed by atoms with van der Waals surface area (Å²) in [5.41, 5.74) is 13.2. The third kappa shape index (κ3) is 0.937. The van der Waals surface area contributed by atoms with Crippen LogP contribution >= 0.6 is 15.9 Å². The summed E-state index contributed by atoms with van der Waals surface area (Å²) in [6, 6.07) is 1.69. The van der Waals surface area contributed by atoms with Crippen molar-refractivity contribution in [1.82, 2.24) is 9.38 Å². The molecule has 0 fully saturated rings. The molecule has 2 heterocycles. The van der Waals surface area contributed by atoms with Crippen LogP contribution in [-0.2, 0) is 0 Å². The molecule has 0 spiro atoms. The molecule has 2 rings (SSSR count). The molecule has 5 heteroatoms. The Bertz CT molecular complexity index is 434. The Balaban J connectivity index is 2.92. The Labute approximate surface area is 77.3 Å². The molecule has 0 saturated heterocycles. The normalized spacial score (nSPS) is 10.8. The van der Waals surface area contributed by atoms with Gasteiger partial charge in [0.2, 0.25) is 0 Å². The fourth-order valence-corrected chi connectivity index (χ4v) is 1.48. The van der Waals surface area contributed by atoms with Crippen LogP contribution in [0.2, 0.25) is 0 Å². The van der Waals surface area contributed by atoms with Crippen LogP contribution in [0, 0.1) is 0 Å². The summed E-state index contributed by atoms with van der Waals surface area (Å²) in [5, 5.41) is 0. The number of imidazole rings is 1. The lowest BCUT2D eigenvalue weighted by Gasteiger charge is -2.00. The predicted molar refractivity (Wildman–Crippen MR) is 51.7 cm³/mol. The Kier molecular flexibility index (Phi) is 1.47. The van der Waals surface area contributed by atoms with Crippen LogP contribution in [0.5, 0.6) is 0 Å². The first kappa shape index (κ1) is 7.42. The van der Waals surface area contributed by atoms with Crippen molar-refractivity contribution in [3.63, 3.8) is 0 Å². The summed E-state index contributed by atoms with van der Waals surface area (Å²) in [5.74, 6) is 0. The first-order chi connectivity index (χ1) is 5.68. The molecule has 0 aromatic carbocycles. The van der Waals surface area contributed by atoms with Crippen LogP contribution in [0.25, 0.3) is 5.65 Å². The van der Waals surface area contributed by atoms with E-state index in [-0.39, 0.29) is 0 Å². The van der Waals surface area contributed by atoms with Gasteiger partial charge in [0.25, 0.3) is 0 Å². The lowest BCUT2D eigenvalue weighted by atomic mass is 10.4. The third-order valence-corrected chi connectivity index (χ3v) is 2.20. The van der Waals surface area contributed by atoms with Gasteiger partial charge in [0.15, 0.2) is 5.65 Å². The average molecular weight is 227 g/mol. The standard InChI is InChI=1S/C7H7BrN4/c8-6-2-11-7-5(10)1-4(9)3-12(6)7/h1-3H,9-10H2. The van der Waals surface area contributed by atoms with Gasteiger partial charge >= 0.3 is 0 Å². The molecule has 2 aromatic heterocycles. The van der Waals surface area contributed by atoms with Crippen molar-refractivity contribution in [2.24, 2.45) is 0 Å². The number of pyridine rings is 1. The average Bonchev–Trinajstić information content (AvgIpc) is 2.33. The first-order valence-electron chi connectivity index (χ1n) is 3.36. The highest BCUT2D eigenvalue weighted by atomic mass is 79.9. The minimum absolute atomic E-state index is 0.584. The molecule has 0 atom stereocenters. The number of hydrogen-bond acceptors (Lipinski definition) is 3. The van der Waals surface area contributed by atoms with E-state index in [2.05, 4.69) is 20.9 Å². The molecule has 0 amide bonds. The van der Waals surface area contributed by atoms with Gasteiger partial charge in [-0.25, -0.2) is 4.98 Å². The number of anilines is 2. The number of halogens is 1. The molecule has 4 nitrogen and oxygen atoms in total. The topological polar surface area (TPSA) is 69.3 Å². The number of fused-ring (bicyclic) bond motifs is 1. The van der Waals surface area contributed by atoms with Gasteiger partial charge in [-0.2, -0.15) is 0 Å². The van der Waals surface area contributed by atoms with Crippen molar-refractivity contribution < 1.29 is 0 Å². The smallest absolute Gasteiger partial charge is 0.161 e. The van der Waals surface area contributed by atoms with Crippen LogP contribution < -0.4 is 11.5 Å². The fourth-order valence-electron chi connectivity index (χ4n) is 1.11. The van der Waals surface area contributed by atoms with Gasteiger partial charge in [0.1, 0.15) is 4.60 Å². The molecular formula is C7H7BrN4. The summed E-state index contributed by atoms with van der Waals surface area (Å²) in [6.07, 6.45) is 3.45. The zero-order chi connectivity index (χ0) is 8.72. The number of nitrogen functional groups attached to an aromatic ring is 2. The van der Waals surface area contributed by atoms with E-state index in [1.807, 2.05) is 0 Å². The van der Waals surface area contributed by atoms with Crippen LogP contribution in [0.3, 0.4) is 0 Å². The fraction of sp³-hybridized carbons (Fsp3) is 0. The van der Waals surface area contributed by atoms with Gasteiger partial charge in [0, 0.05) is 6.20 Å². The molecule has 12 heavy (non-hydrogen) atoms. The first-order valence-corrected chi connectivity index (χ1v) is 4.15. The SMILES string of the molecule is Nc1cc(N)c2ncc(Br)n2c1. The summed E-state index contributed by atoms with van der Waals surface area (Å²) in [7, 11) is 0. The van der Waals surface area contributed by atoms with Gasteiger partial charge in [-0.05, 0) is 22.0 Å². The summed E-state index contributed by atoms with van der Waals surface area (Å²) in [6.45, 7) is 0. The highest BCUT2D eigenvalue weighted by Gasteiger charge is 2.03. The molecule has 0 unspecified atom stereocenters. The maximum absolute atomic E-state index is 5.69. The predicted octanol–water partition coefficient (Wildman–Crippen LogP) is 1.26. The van der Waals surface area contributed by atoms with E-state index in [0.717, 1.165) is 10.3 Å². The number of nitrogens with two attached hydrogens (primary N) is 2. The lowest BCUT2D eigenvalue weighted by molar-refractivity contribution is 1.16.